The number of para-hydroxylation sites is 2. The maximum absolute atomic E-state index is 13.6. The second-order valence-electron chi connectivity index (χ2n) is 9.85. The zero-order chi connectivity index (χ0) is 28.6. The number of anilines is 1. The Morgan fingerprint density at radius 1 is 1.05 bits per heavy atom. The van der Waals surface area contributed by atoms with Crippen LogP contribution in [-0.4, -0.2) is 57.1 Å². The predicted molar refractivity (Wildman–Crippen MR) is 156 cm³/mol. The monoisotopic (exact) mass is 597 g/mol. The van der Waals surface area contributed by atoms with Crippen LogP contribution in [0.15, 0.2) is 42.5 Å². The van der Waals surface area contributed by atoms with Gasteiger partial charge in [-0.15, -0.1) is 0 Å². The molecule has 2 amide bonds. The minimum absolute atomic E-state index is 0.0181. The standard InChI is InChI=1S/C28H37Cl2N3O5S/c1-20(28(35)31-21-11-5-4-6-12-21)32(19-22-23(29)13-9-14-24(22)30)27(34)17-10-18-33(39(3,36)37)25-15-7-8-16-26(25)38-2/h7-9,13-16,20-21H,4-6,10-12,17-19H2,1-3H3,(H,31,35). The Morgan fingerprint density at radius 3 is 2.31 bits per heavy atom. The fraction of sp³-hybridized carbons (Fsp3) is 0.500. The average Bonchev–Trinajstić information content (AvgIpc) is 2.90. The molecule has 3 rings (SSSR count). The topological polar surface area (TPSA) is 96.0 Å². The molecule has 0 saturated heterocycles. The highest BCUT2D eigenvalue weighted by Gasteiger charge is 2.29. The van der Waals surface area contributed by atoms with E-state index in [1.807, 2.05) is 0 Å². The lowest BCUT2D eigenvalue weighted by molar-refractivity contribution is -0.141. The van der Waals surface area contributed by atoms with E-state index in [1.54, 1.807) is 49.4 Å². The first-order chi connectivity index (χ1) is 18.5. The van der Waals surface area contributed by atoms with Crippen LogP contribution >= 0.6 is 23.2 Å². The van der Waals surface area contributed by atoms with Gasteiger partial charge in [0.25, 0.3) is 0 Å². The smallest absolute Gasteiger partial charge is 0.242 e. The summed E-state index contributed by atoms with van der Waals surface area (Å²) in [5, 5.41) is 3.90. The van der Waals surface area contributed by atoms with Crippen molar-refractivity contribution in [3.05, 3.63) is 58.1 Å². The van der Waals surface area contributed by atoms with Gasteiger partial charge in [0, 0.05) is 41.2 Å². The second-order valence-corrected chi connectivity index (χ2v) is 12.6. The van der Waals surface area contributed by atoms with Crippen LogP contribution in [0, 0.1) is 0 Å². The second kappa shape index (κ2) is 14.2. The fourth-order valence-corrected chi connectivity index (χ4v) is 6.31. The molecular formula is C28H37Cl2N3O5S. The Hall–Kier alpha value is -2.49. The predicted octanol–water partition coefficient (Wildman–Crippen LogP) is 5.41. The van der Waals surface area contributed by atoms with E-state index >= 15 is 0 Å². The van der Waals surface area contributed by atoms with Crippen molar-refractivity contribution in [2.75, 3.05) is 24.2 Å². The number of nitrogens with one attached hydrogen (secondary N) is 1. The first kappa shape index (κ1) is 31.0. The highest BCUT2D eigenvalue weighted by Crippen LogP contribution is 2.30. The van der Waals surface area contributed by atoms with Gasteiger partial charge < -0.3 is 15.0 Å². The van der Waals surface area contributed by atoms with Crippen LogP contribution in [-0.2, 0) is 26.2 Å². The molecule has 0 aliphatic heterocycles. The zero-order valence-corrected chi connectivity index (χ0v) is 25.0. The SMILES string of the molecule is COc1ccccc1N(CCCC(=O)N(Cc1c(Cl)cccc1Cl)C(C)C(=O)NC1CCCCC1)S(C)(=O)=O. The van der Waals surface area contributed by atoms with E-state index in [0.717, 1.165) is 38.4 Å². The van der Waals surface area contributed by atoms with Crippen molar-refractivity contribution in [2.24, 2.45) is 0 Å². The summed E-state index contributed by atoms with van der Waals surface area (Å²) in [7, 11) is -2.17. The molecule has 1 unspecified atom stereocenters. The van der Waals surface area contributed by atoms with Crippen LogP contribution < -0.4 is 14.4 Å². The van der Waals surface area contributed by atoms with Crippen molar-refractivity contribution in [3.8, 4) is 5.75 Å². The summed E-state index contributed by atoms with van der Waals surface area (Å²) in [6, 6.07) is 11.2. The van der Waals surface area contributed by atoms with Crippen molar-refractivity contribution < 1.29 is 22.7 Å². The van der Waals surface area contributed by atoms with Gasteiger partial charge in [-0.2, -0.15) is 0 Å². The van der Waals surface area contributed by atoms with Crippen molar-refractivity contribution >= 4 is 50.7 Å². The van der Waals surface area contributed by atoms with E-state index in [4.69, 9.17) is 27.9 Å². The molecule has 39 heavy (non-hydrogen) atoms. The average molecular weight is 599 g/mol. The van der Waals surface area contributed by atoms with Gasteiger partial charge in [-0.1, -0.05) is 60.7 Å². The molecule has 1 aliphatic rings. The van der Waals surface area contributed by atoms with Gasteiger partial charge in [-0.3, -0.25) is 13.9 Å². The number of rotatable bonds is 12. The van der Waals surface area contributed by atoms with E-state index in [9.17, 15) is 18.0 Å². The summed E-state index contributed by atoms with van der Waals surface area (Å²) in [5.74, 6) is -0.117. The number of amides is 2. The minimum atomic E-state index is -3.65. The lowest BCUT2D eigenvalue weighted by Gasteiger charge is -2.32. The van der Waals surface area contributed by atoms with Gasteiger partial charge >= 0.3 is 0 Å². The third-order valence-electron chi connectivity index (χ3n) is 7.02. The Labute approximate surface area is 241 Å². The third-order valence-corrected chi connectivity index (χ3v) is 8.90. The maximum atomic E-state index is 13.6. The number of hydrogen-bond acceptors (Lipinski definition) is 5. The first-order valence-corrected chi connectivity index (χ1v) is 15.8. The number of nitrogens with zero attached hydrogens (tertiary/aromatic N) is 2. The van der Waals surface area contributed by atoms with E-state index < -0.39 is 16.1 Å². The normalized spacial score (nSPS) is 14.9. The molecular weight excluding hydrogens is 561 g/mol. The van der Waals surface area contributed by atoms with Crippen LogP contribution in [0.4, 0.5) is 5.69 Å². The van der Waals surface area contributed by atoms with E-state index in [0.29, 0.717) is 27.0 Å². The lowest BCUT2D eigenvalue weighted by Crippen LogP contribution is -2.50. The number of ether oxygens (including phenoxy) is 1. The van der Waals surface area contributed by atoms with Crippen LogP contribution in [0.2, 0.25) is 10.0 Å². The molecule has 0 spiro atoms. The van der Waals surface area contributed by atoms with E-state index in [2.05, 4.69) is 5.32 Å². The molecule has 1 saturated carbocycles. The lowest BCUT2D eigenvalue weighted by atomic mass is 9.95. The molecule has 2 aromatic rings. The Bertz CT molecular complexity index is 1230. The molecule has 2 aromatic carbocycles. The minimum Gasteiger partial charge on any atom is -0.495 e. The van der Waals surface area contributed by atoms with Crippen molar-refractivity contribution in [3.63, 3.8) is 0 Å². The van der Waals surface area contributed by atoms with Gasteiger partial charge in [0.15, 0.2) is 0 Å². The van der Waals surface area contributed by atoms with Gasteiger partial charge in [0.2, 0.25) is 21.8 Å². The Morgan fingerprint density at radius 2 is 1.69 bits per heavy atom. The molecule has 214 valence electrons. The summed E-state index contributed by atoms with van der Waals surface area (Å²) in [4.78, 5) is 28.3. The van der Waals surface area contributed by atoms with Gasteiger partial charge in [0.05, 0.1) is 19.1 Å². The van der Waals surface area contributed by atoms with Gasteiger partial charge in [-0.25, -0.2) is 8.42 Å². The highest BCUT2D eigenvalue weighted by molar-refractivity contribution is 7.92. The maximum Gasteiger partial charge on any atom is 0.242 e. The van der Waals surface area contributed by atoms with Crippen LogP contribution in [0.5, 0.6) is 5.75 Å². The summed E-state index contributed by atoms with van der Waals surface area (Å²) < 4.78 is 31.8. The number of carbonyl (C=O) groups excluding carboxylic acids is 2. The quantitative estimate of drug-likeness (QED) is 0.352. The summed E-state index contributed by atoms with van der Waals surface area (Å²) in [6.07, 6.45) is 6.51. The highest BCUT2D eigenvalue weighted by atomic mass is 35.5. The number of sulfonamides is 1. The number of hydrogen-bond donors (Lipinski definition) is 1. The molecule has 1 atom stereocenters. The Balaban J connectivity index is 1.78. The Kier molecular flexibility index (Phi) is 11.3. The molecule has 11 heteroatoms. The van der Waals surface area contributed by atoms with Crippen LogP contribution in [0.25, 0.3) is 0 Å². The largest absolute Gasteiger partial charge is 0.495 e. The summed E-state index contributed by atoms with van der Waals surface area (Å²) in [6.45, 7) is 1.81. The molecule has 0 aromatic heterocycles. The summed E-state index contributed by atoms with van der Waals surface area (Å²) in [5.41, 5.74) is 0.952. The number of methoxy groups -OCH3 is 1. The number of halogens is 2. The molecule has 1 aliphatic carbocycles. The molecule has 0 heterocycles. The fourth-order valence-electron chi connectivity index (χ4n) is 4.82. The van der Waals surface area contributed by atoms with Crippen LogP contribution in [0.1, 0.15) is 57.4 Å². The van der Waals surface area contributed by atoms with Crippen molar-refractivity contribution in [1.82, 2.24) is 10.2 Å². The van der Waals surface area contributed by atoms with Crippen LogP contribution in [0.3, 0.4) is 0 Å². The third kappa shape index (κ3) is 8.50. The summed E-state index contributed by atoms with van der Waals surface area (Å²) >= 11 is 12.8. The first-order valence-electron chi connectivity index (χ1n) is 13.2. The van der Waals surface area contributed by atoms with Crippen molar-refractivity contribution in [1.29, 1.82) is 0 Å². The number of carbonyl (C=O) groups is 2. The number of benzene rings is 2. The van der Waals surface area contributed by atoms with Gasteiger partial charge in [-0.05, 0) is 50.5 Å². The van der Waals surface area contributed by atoms with E-state index in [-0.39, 0.29) is 43.8 Å². The van der Waals surface area contributed by atoms with Gasteiger partial charge in [0.1, 0.15) is 11.8 Å². The van der Waals surface area contributed by atoms with Crippen molar-refractivity contribution in [2.45, 2.75) is 70.5 Å². The zero-order valence-electron chi connectivity index (χ0n) is 22.7. The molecule has 0 radical (unpaired) electrons. The van der Waals surface area contributed by atoms with E-state index in [1.165, 1.54) is 16.3 Å². The molecule has 8 nitrogen and oxygen atoms in total. The molecule has 0 bridgehead atoms. The molecule has 1 N–H and O–H groups in total. The molecule has 1 fully saturated rings.